The highest BCUT2D eigenvalue weighted by Crippen LogP contribution is 2.28. The van der Waals surface area contributed by atoms with Crippen LogP contribution in [-0.4, -0.2) is 14.2 Å². The standard InChI is InChI=1S/C11H12ClFO2S/c12-16(14,15)7-8-4-5-10-9(6-8)2-1-3-11(10)13/h1-3,8H,4-7H2. The monoisotopic (exact) mass is 262 g/mol. The summed E-state index contributed by atoms with van der Waals surface area (Å²) in [7, 11) is 1.77. The third-order valence-electron chi connectivity index (χ3n) is 2.96. The topological polar surface area (TPSA) is 34.1 Å². The zero-order valence-corrected chi connectivity index (χ0v) is 10.2. The van der Waals surface area contributed by atoms with Crippen LogP contribution < -0.4 is 0 Å². The van der Waals surface area contributed by atoms with Gasteiger partial charge in [-0.05, 0) is 42.4 Å². The zero-order valence-electron chi connectivity index (χ0n) is 8.62. The van der Waals surface area contributed by atoms with Crippen LogP contribution in [0.15, 0.2) is 18.2 Å². The van der Waals surface area contributed by atoms with Crippen molar-refractivity contribution in [1.29, 1.82) is 0 Å². The van der Waals surface area contributed by atoms with Crippen LogP contribution >= 0.6 is 10.7 Å². The molecule has 0 saturated heterocycles. The molecule has 1 unspecified atom stereocenters. The van der Waals surface area contributed by atoms with Gasteiger partial charge in [-0.2, -0.15) is 0 Å². The Kier molecular flexibility index (Phi) is 3.22. The summed E-state index contributed by atoms with van der Waals surface area (Å²) >= 11 is 0. The third kappa shape index (κ3) is 2.74. The van der Waals surface area contributed by atoms with Gasteiger partial charge in [0.2, 0.25) is 9.05 Å². The van der Waals surface area contributed by atoms with Crippen molar-refractivity contribution in [2.24, 2.45) is 5.92 Å². The van der Waals surface area contributed by atoms with Gasteiger partial charge in [0, 0.05) is 10.7 Å². The molecule has 1 atom stereocenters. The molecule has 2 rings (SSSR count). The Hall–Kier alpha value is -0.610. The van der Waals surface area contributed by atoms with E-state index < -0.39 is 9.05 Å². The van der Waals surface area contributed by atoms with Gasteiger partial charge in [-0.1, -0.05) is 12.1 Å². The van der Waals surface area contributed by atoms with Crippen LogP contribution in [0.2, 0.25) is 0 Å². The fourth-order valence-corrected chi connectivity index (χ4v) is 3.64. The summed E-state index contributed by atoms with van der Waals surface area (Å²) in [5.74, 6) is -0.202. The van der Waals surface area contributed by atoms with Gasteiger partial charge in [-0.15, -0.1) is 0 Å². The molecule has 5 heteroatoms. The first-order chi connectivity index (χ1) is 7.46. The van der Waals surface area contributed by atoms with Crippen molar-refractivity contribution in [2.75, 3.05) is 5.75 Å². The van der Waals surface area contributed by atoms with Crippen molar-refractivity contribution in [3.8, 4) is 0 Å². The summed E-state index contributed by atoms with van der Waals surface area (Å²) < 4.78 is 35.3. The van der Waals surface area contributed by atoms with Crippen molar-refractivity contribution < 1.29 is 12.8 Å². The summed E-state index contributed by atoms with van der Waals surface area (Å²) in [6, 6.07) is 4.95. The van der Waals surface area contributed by atoms with Crippen molar-refractivity contribution in [2.45, 2.75) is 19.3 Å². The minimum absolute atomic E-state index is 0.0109. The van der Waals surface area contributed by atoms with E-state index in [1.807, 2.05) is 6.07 Å². The molecule has 88 valence electrons. The molecule has 0 aliphatic heterocycles. The summed E-state index contributed by atoms with van der Waals surface area (Å²) in [5, 5.41) is 0. The summed E-state index contributed by atoms with van der Waals surface area (Å²) in [4.78, 5) is 0. The second kappa shape index (κ2) is 4.34. The summed E-state index contributed by atoms with van der Waals surface area (Å²) in [6.07, 6.45) is 1.87. The maximum Gasteiger partial charge on any atom is 0.232 e. The molecule has 0 radical (unpaired) electrons. The van der Waals surface area contributed by atoms with Gasteiger partial charge in [0.1, 0.15) is 5.82 Å². The molecular formula is C11H12ClFO2S. The molecule has 2 nitrogen and oxygen atoms in total. The Labute approximate surface area is 98.8 Å². The molecule has 16 heavy (non-hydrogen) atoms. The van der Waals surface area contributed by atoms with E-state index in [1.54, 1.807) is 6.07 Å². The summed E-state index contributed by atoms with van der Waals surface area (Å²) in [6.45, 7) is 0. The highest BCUT2D eigenvalue weighted by atomic mass is 35.7. The van der Waals surface area contributed by atoms with E-state index in [0.717, 1.165) is 11.1 Å². The first-order valence-corrected chi connectivity index (χ1v) is 7.62. The van der Waals surface area contributed by atoms with Gasteiger partial charge in [0.25, 0.3) is 0 Å². The van der Waals surface area contributed by atoms with Crippen LogP contribution in [0.3, 0.4) is 0 Å². The van der Waals surface area contributed by atoms with E-state index in [1.165, 1.54) is 6.07 Å². The average molecular weight is 263 g/mol. The molecule has 0 heterocycles. The van der Waals surface area contributed by atoms with Crippen LogP contribution in [0.25, 0.3) is 0 Å². The van der Waals surface area contributed by atoms with Gasteiger partial charge >= 0.3 is 0 Å². The highest BCUT2D eigenvalue weighted by Gasteiger charge is 2.24. The molecule has 1 aromatic carbocycles. The van der Waals surface area contributed by atoms with Crippen LogP contribution in [0.1, 0.15) is 17.5 Å². The zero-order chi connectivity index (χ0) is 11.8. The Balaban J connectivity index is 2.19. The molecule has 0 amide bonds. The lowest BCUT2D eigenvalue weighted by atomic mass is 9.85. The largest absolute Gasteiger partial charge is 0.232 e. The molecular weight excluding hydrogens is 251 g/mol. The van der Waals surface area contributed by atoms with Gasteiger partial charge in [-0.25, -0.2) is 12.8 Å². The maximum absolute atomic E-state index is 13.4. The van der Waals surface area contributed by atoms with Crippen LogP contribution in [0.4, 0.5) is 4.39 Å². The quantitative estimate of drug-likeness (QED) is 0.768. The van der Waals surface area contributed by atoms with Crippen molar-refractivity contribution in [3.05, 3.63) is 35.1 Å². The van der Waals surface area contributed by atoms with Crippen LogP contribution in [0, 0.1) is 11.7 Å². The van der Waals surface area contributed by atoms with Gasteiger partial charge in [-0.3, -0.25) is 0 Å². The number of benzene rings is 1. The SMILES string of the molecule is O=S(=O)(Cl)CC1CCc2c(F)cccc2C1. The fraction of sp³-hybridized carbons (Fsp3) is 0.455. The predicted molar refractivity (Wildman–Crippen MR) is 61.6 cm³/mol. The molecule has 1 aliphatic carbocycles. The number of hydrogen-bond donors (Lipinski definition) is 0. The predicted octanol–water partition coefficient (Wildman–Crippen LogP) is 2.50. The molecule has 0 N–H and O–H groups in total. The number of hydrogen-bond acceptors (Lipinski definition) is 2. The van der Waals surface area contributed by atoms with E-state index >= 15 is 0 Å². The first-order valence-electron chi connectivity index (χ1n) is 5.14. The Morgan fingerprint density at radius 2 is 2.19 bits per heavy atom. The normalized spacial score (nSPS) is 20.5. The van der Waals surface area contributed by atoms with E-state index in [4.69, 9.17) is 10.7 Å². The smallest absolute Gasteiger partial charge is 0.212 e. The van der Waals surface area contributed by atoms with Gasteiger partial charge < -0.3 is 0 Å². The lowest BCUT2D eigenvalue weighted by Crippen LogP contribution is -2.21. The second-order valence-corrected chi connectivity index (χ2v) is 7.01. The average Bonchev–Trinajstić information content (AvgIpc) is 2.15. The van der Waals surface area contributed by atoms with E-state index in [2.05, 4.69) is 0 Å². The number of rotatable bonds is 2. The fourth-order valence-electron chi connectivity index (χ4n) is 2.26. The highest BCUT2D eigenvalue weighted by molar-refractivity contribution is 8.13. The molecule has 1 aliphatic rings. The molecule has 0 spiro atoms. The number of halogens is 2. The molecule has 1 aromatic rings. The van der Waals surface area contributed by atoms with E-state index in [9.17, 15) is 12.8 Å². The maximum atomic E-state index is 13.4. The lowest BCUT2D eigenvalue weighted by molar-refractivity contribution is 0.479. The number of fused-ring (bicyclic) bond motifs is 1. The lowest BCUT2D eigenvalue weighted by Gasteiger charge is -2.23. The van der Waals surface area contributed by atoms with Crippen molar-refractivity contribution >= 4 is 19.7 Å². The minimum atomic E-state index is -3.46. The molecule has 0 bridgehead atoms. The Morgan fingerprint density at radius 3 is 2.88 bits per heavy atom. The molecule has 0 aromatic heterocycles. The van der Waals surface area contributed by atoms with Gasteiger partial charge in [0.15, 0.2) is 0 Å². The molecule has 0 fully saturated rings. The van der Waals surface area contributed by atoms with Gasteiger partial charge in [0.05, 0.1) is 5.75 Å². The van der Waals surface area contributed by atoms with Crippen LogP contribution in [0.5, 0.6) is 0 Å². The van der Waals surface area contributed by atoms with E-state index in [0.29, 0.717) is 19.3 Å². The second-order valence-electron chi connectivity index (χ2n) is 4.19. The van der Waals surface area contributed by atoms with E-state index in [-0.39, 0.29) is 17.5 Å². The van der Waals surface area contributed by atoms with Crippen molar-refractivity contribution in [3.63, 3.8) is 0 Å². The first kappa shape index (κ1) is 11.9. The Bertz CT molecular complexity index is 499. The minimum Gasteiger partial charge on any atom is -0.212 e. The Morgan fingerprint density at radius 1 is 1.44 bits per heavy atom. The summed E-state index contributed by atoms with van der Waals surface area (Å²) in [5.41, 5.74) is 1.64. The van der Waals surface area contributed by atoms with Crippen LogP contribution in [-0.2, 0) is 21.9 Å². The molecule has 0 saturated carbocycles. The van der Waals surface area contributed by atoms with Crippen molar-refractivity contribution in [1.82, 2.24) is 0 Å². The third-order valence-corrected chi connectivity index (χ3v) is 4.21.